The van der Waals surface area contributed by atoms with E-state index in [2.05, 4.69) is 10.3 Å². The Morgan fingerprint density at radius 2 is 1.91 bits per heavy atom. The van der Waals surface area contributed by atoms with Crippen LogP contribution < -0.4 is 10.2 Å². The van der Waals surface area contributed by atoms with Crippen molar-refractivity contribution < 1.29 is 18.4 Å². The Morgan fingerprint density at radius 1 is 1.12 bits per heavy atom. The number of benzene rings is 2. The maximum absolute atomic E-state index is 13.7. The van der Waals surface area contributed by atoms with Crippen molar-refractivity contribution in [3.05, 3.63) is 82.2 Å². The molecule has 4 rings (SSSR count). The summed E-state index contributed by atoms with van der Waals surface area (Å²) in [7, 11) is 0. The summed E-state index contributed by atoms with van der Waals surface area (Å²) in [6.07, 6.45) is 1.77. The molecule has 1 aliphatic heterocycles. The monoisotopic (exact) mass is 455 g/mol. The SMILES string of the molecule is Cc1cc(C)c(/C=C2\C(=O)N(Cc3ccc(F)c(F)c3)c3ccc(NC(=O)CCl)cc32)[nH]1. The summed E-state index contributed by atoms with van der Waals surface area (Å²) >= 11 is 5.59. The number of nitrogens with zero attached hydrogens (tertiary/aromatic N) is 1. The summed E-state index contributed by atoms with van der Waals surface area (Å²) in [5.41, 5.74) is 5.35. The standard InChI is InChI=1S/C24H20ClF2N3O2/c1-13-7-14(2)28-21(13)10-18-17-9-16(29-23(31)11-25)4-6-22(17)30(24(18)32)12-15-3-5-19(26)20(27)8-15/h3-10,28H,11-12H2,1-2H3,(H,29,31)/b18-10-. The largest absolute Gasteiger partial charge is 0.359 e. The lowest BCUT2D eigenvalue weighted by molar-refractivity contribution is -0.114. The second-order valence-corrected chi connectivity index (χ2v) is 7.93. The van der Waals surface area contributed by atoms with E-state index in [4.69, 9.17) is 11.6 Å². The minimum absolute atomic E-state index is 0.0660. The Labute approximate surface area is 188 Å². The molecular formula is C24H20ClF2N3O2. The first kappa shape index (κ1) is 21.8. The van der Waals surface area contributed by atoms with Crippen LogP contribution in [-0.2, 0) is 16.1 Å². The second-order valence-electron chi connectivity index (χ2n) is 7.66. The Kier molecular flexibility index (Phi) is 5.84. The minimum Gasteiger partial charge on any atom is -0.359 e. The molecule has 5 nitrogen and oxygen atoms in total. The Morgan fingerprint density at radius 3 is 2.56 bits per heavy atom. The van der Waals surface area contributed by atoms with E-state index < -0.39 is 11.6 Å². The van der Waals surface area contributed by atoms with Gasteiger partial charge in [-0.3, -0.25) is 9.59 Å². The molecule has 0 atom stereocenters. The summed E-state index contributed by atoms with van der Waals surface area (Å²) in [6, 6.07) is 10.6. The van der Waals surface area contributed by atoms with Crippen LogP contribution in [0.5, 0.6) is 0 Å². The van der Waals surface area contributed by atoms with E-state index in [1.807, 2.05) is 19.9 Å². The molecule has 2 amide bonds. The van der Waals surface area contributed by atoms with Crippen LogP contribution in [0.3, 0.4) is 0 Å². The maximum Gasteiger partial charge on any atom is 0.259 e. The van der Waals surface area contributed by atoms with Crippen LogP contribution in [0, 0.1) is 25.5 Å². The van der Waals surface area contributed by atoms with Gasteiger partial charge in [-0.1, -0.05) is 6.07 Å². The fourth-order valence-electron chi connectivity index (χ4n) is 3.79. The molecule has 2 N–H and O–H groups in total. The highest BCUT2D eigenvalue weighted by Gasteiger charge is 2.33. The quantitative estimate of drug-likeness (QED) is 0.411. The average molecular weight is 456 g/mol. The van der Waals surface area contributed by atoms with E-state index in [-0.39, 0.29) is 24.2 Å². The lowest BCUT2D eigenvalue weighted by atomic mass is 10.0. The number of aromatic amines is 1. The molecule has 1 aliphatic rings. The van der Waals surface area contributed by atoms with Gasteiger partial charge < -0.3 is 15.2 Å². The number of anilines is 2. The van der Waals surface area contributed by atoms with E-state index in [9.17, 15) is 18.4 Å². The van der Waals surface area contributed by atoms with Gasteiger partial charge in [0.25, 0.3) is 5.91 Å². The number of nitrogens with one attached hydrogen (secondary N) is 2. The molecule has 0 spiro atoms. The van der Waals surface area contributed by atoms with Gasteiger partial charge in [-0.15, -0.1) is 11.6 Å². The predicted molar refractivity (Wildman–Crippen MR) is 121 cm³/mol. The second kappa shape index (κ2) is 8.59. The first-order valence-corrected chi connectivity index (χ1v) is 10.4. The number of halogens is 3. The summed E-state index contributed by atoms with van der Waals surface area (Å²) in [4.78, 5) is 29.9. The van der Waals surface area contributed by atoms with Crippen LogP contribution in [0.25, 0.3) is 11.6 Å². The van der Waals surface area contributed by atoms with E-state index in [1.54, 1.807) is 24.3 Å². The third-order valence-corrected chi connectivity index (χ3v) is 5.50. The van der Waals surface area contributed by atoms with Crippen molar-refractivity contribution in [3.8, 4) is 0 Å². The third kappa shape index (κ3) is 4.16. The van der Waals surface area contributed by atoms with Crippen LogP contribution in [0.2, 0.25) is 0 Å². The lowest BCUT2D eigenvalue weighted by Gasteiger charge is -2.17. The van der Waals surface area contributed by atoms with E-state index >= 15 is 0 Å². The maximum atomic E-state index is 13.7. The van der Waals surface area contributed by atoms with Gasteiger partial charge in [0, 0.05) is 22.6 Å². The van der Waals surface area contributed by atoms with Crippen molar-refractivity contribution in [2.45, 2.75) is 20.4 Å². The molecule has 0 fully saturated rings. The number of carbonyl (C=O) groups excluding carboxylic acids is 2. The van der Waals surface area contributed by atoms with Crippen molar-refractivity contribution in [1.82, 2.24) is 4.98 Å². The van der Waals surface area contributed by atoms with Crippen molar-refractivity contribution >= 4 is 46.4 Å². The van der Waals surface area contributed by atoms with Crippen LogP contribution in [0.1, 0.15) is 28.1 Å². The molecule has 0 bridgehead atoms. The molecular weight excluding hydrogens is 436 g/mol. The average Bonchev–Trinajstić information content (AvgIpc) is 3.21. The van der Waals surface area contributed by atoms with Crippen molar-refractivity contribution in [2.75, 3.05) is 16.1 Å². The number of fused-ring (bicyclic) bond motifs is 1. The highest BCUT2D eigenvalue weighted by Crippen LogP contribution is 2.40. The number of hydrogen-bond acceptors (Lipinski definition) is 2. The number of aryl methyl sites for hydroxylation is 2. The molecule has 32 heavy (non-hydrogen) atoms. The molecule has 0 unspecified atom stereocenters. The van der Waals surface area contributed by atoms with Crippen molar-refractivity contribution in [3.63, 3.8) is 0 Å². The van der Waals surface area contributed by atoms with Crippen LogP contribution >= 0.6 is 11.6 Å². The van der Waals surface area contributed by atoms with Crippen molar-refractivity contribution in [1.29, 1.82) is 0 Å². The molecule has 0 radical (unpaired) electrons. The van der Waals surface area contributed by atoms with Crippen LogP contribution in [0.15, 0.2) is 42.5 Å². The highest BCUT2D eigenvalue weighted by molar-refractivity contribution is 6.36. The molecule has 1 aromatic heterocycles. The molecule has 8 heteroatoms. The molecule has 0 saturated heterocycles. The molecule has 2 heterocycles. The van der Waals surface area contributed by atoms with Crippen molar-refractivity contribution in [2.24, 2.45) is 0 Å². The number of aromatic nitrogens is 1. The molecule has 3 aromatic rings. The highest BCUT2D eigenvalue weighted by atomic mass is 35.5. The van der Waals surface area contributed by atoms with Gasteiger partial charge in [-0.05, 0) is 67.4 Å². The Hall–Kier alpha value is -3.45. The van der Waals surface area contributed by atoms with E-state index in [0.717, 1.165) is 29.1 Å². The number of amides is 2. The number of hydrogen-bond donors (Lipinski definition) is 2. The summed E-state index contributed by atoms with van der Waals surface area (Å²) in [5.74, 6) is -2.75. The van der Waals surface area contributed by atoms with E-state index in [0.29, 0.717) is 28.1 Å². The van der Waals surface area contributed by atoms with Crippen LogP contribution in [0.4, 0.5) is 20.2 Å². The number of alkyl halides is 1. The molecule has 0 aliphatic carbocycles. The topological polar surface area (TPSA) is 65.2 Å². The first-order valence-electron chi connectivity index (χ1n) is 9.90. The Balaban J connectivity index is 1.78. The normalized spacial score (nSPS) is 14.2. The first-order chi connectivity index (χ1) is 15.3. The van der Waals surface area contributed by atoms with Gasteiger partial charge in [0.1, 0.15) is 5.88 Å². The van der Waals surface area contributed by atoms with E-state index in [1.165, 1.54) is 11.0 Å². The molecule has 0 saturated carbocycles. The predicted octanol–water partition coefficient (Wildman–Crippen LogP) is 5.17. The number of H-pyrrole nitrogens is 1. The summed E-state index contributed by atoms with van der Waals surface area (Å²) in [5, 5.41) is 2.69. The zero-order valence-electron chi connectivity index (χ0n) is 17.4. The smallest absolute Gasteiger partial charge is 0.259 e. The van der Waals surface area contributed by atoms with Gasteiger partial charge in [0.15, 0.2) is 11.6 Å². The summed E-state index contributed by atoms with van der Waals surface area (Å²) < 4.78 is 27.1. The van der Waals surface area contributed by atoms with Gasteiger partial charge >= 0.3 is 0 Å². The molecule has 2 aromatic carbocycles. The number of carbonyl (C=O) groups is 2. The third-order valence-electron chi connectivity index (χ3n) is 5.26. The van der Waals surface area contributed by atoms with Crippen LogP contribution in [-0.4, -0.2) is 22.7 Å². The zero-order valence-corrected chi connectivity index (χ0v) is 18.2. The molecule has 164 valence electrons. The van der Waals surface area contributed by atoms with Gasteiger partial charge in [0.05, 0.1) is 17.8 Å². The number of rotatable bonds is 5. The van der Waals surface area contributed by atoms with Gasteiger partial charge in [-0.2, -0.15) is 0 Å². The fraction of sp³-hybridized carbons (Fsp3) is 0.167. The minimum atomic E-state index is -0.971. The Bertz CT molecular complexity index is 1270. The van der Waals surface area contributed by atoms with Gasteiger partial charge in [-0.25, -0.2) is 8.78 Å². The summed E-state index contributed by atoms with van der Waals surface area (Å²) in [6.45, 7) is 3.93. The van der Waals surface area contributed by atoms with Gasteiger partial charge in [0.2, 0.25) is 5.91 Å². The fourth-order valence-corrected chi connectivity index (χ4v) is 3.86. The lowest BCUT2D eigenvalue weighted by Crippen LogP contribution is -2.25. The zero-order chi connectivity index (χ0) is 23.0.